The van der Waals surface area contributed by atoms with Gasteiger partial charge in [0.25, 0.3) is 0 Å². The number of hydrogen-bond donors (Lipinski definition) is 1. The Kier molecular flexibility index (Phi) is 8.09. The quantitative estimate of drug-likeness (QED) is 0.306. The van der Waals surface area contributed by atoms with Crippen LogP contribution in [-0.2, 0) is 25.7 Å². The maximum atomic E-state index is 5.52. The fourth-order valence-electron chi connectivity index (χ4n) is 6.23. The van der Waals surface area contributed by atoms with Crippen LogP contribution in [0.5, 0.6) is 5.75 Å². The Morgan fingerprint density at radius 2 is 1.86 bits per heavy atom. The molecule has 5 rings (SSSR count). The van der Waals surface area contributed by atoms with Crippen molar-refractivity contribution in [3.8, 4) is 5.75 Å². The number of aryl methyl sites for hydroxylation is 3. The Balaban J connectivity index is 1.45. The van der Waals surface area contributed by atoms with Gasteiger partial charge in [-0.2, -0.15) is 0 Å². The Bertz CT molecular complexity index is 1130. The highest BCUT2D eigenvalue weighted by atomic mass is 32.2. The number of aromatic nitrogens is 1. The molecule has 0 bridgehead atoms. The fraction of sp³-hybridized carbons (Fsp3) is 0.548. The maximum absolute atomic E-state index is 5.52. The molecule has 1 fully saturated rings. The average molecular weight is 491 g/mol. The Hall–Kier alpha value is -1.91. The molecule has 1 aromatic heterocycles. The molecule has 0 amide bonds. The predicted molar refractivity (Wildman–Crippen MR) is 151 cm³/mol. The second kappa shape index (κ2) is 11.4. The summed E-state index contributed by atoms with van der Waals surface area (Å²) in [5.41, 5.74) is 8.98. The summed E-state index contributed by atoms with van der Waals surface area (Å²) in [6, 6.07) is 12.0. The number of hydrogen-bond acceptors (Lipinski definition) is 3. The summed E-state index contributed by atoms with van der Waals surface area (Å²) in [4.78, 5) is 3.49. The molecule has 3 nitrogen and oxygen atoms in total. The van der Waals surface area contributed by atoms with Gasteiger partial charge in [-0.05, 0) is 91.0 Å². The number of benzene rings is 2. The van der Waals surface area contributed by atoms with E-state index in [0.29, 0.717) is 6.04 Å². The van der Waals surface area contributed by atoms with Crippen molar-refractivity contribution >= 4 is 22.9 Å². The first kappa shape index (κ1) is 24.8. The van der Waals surface area contributed by atoms with Crippen LogP contribution in [0, 0.1) is 0 Å². The molecule has 0 radical (unpaired) electrons. The molecule has 4 heteroatoms. The van der Waals surface area contributed by atoms with Gasteiger partial charge in [-0.25, -0.2) is 4.31 Å². The molecule has 3 aromatic rings. The number of nitrogens with one attached hydrogen (secondary N) is 1. The van der Waals surface area contributed by atoms with Crippen molar-refractivity contribution in [2.75, 3.05) is 13.7 Å². The molecule has 188 valence electrons. The minimum atomic E-state index is 0.489. The van der Waals surface area contributed by atoms with Gasteiger partial charge in [0.2, 0.25) is 0 Å². The lowest BCUT2D eigenvalue weighted by atomic mass is 9.86. The van der Waals surface area contributed by atoms with Crippen molar-refractivity contribution in [2.24, 2.45) is 0 Å². The zero-order valence-corrected chi connectivity index (χ0v) is 22.7. The minimum absolute atomic E-state index is 0.489. The van der Waals surface area contributed by atoms with Crippen molar-refractivity contribution in [1.82, 2.24) is 9.29 Å². The Morgan fingerprint density at radius 1 is 1.00 bits per heavy atom. The molecule has 1 atom stereocenters. The van der Waals surface area contributed by atoms with Gasteiger partial charge in [-0.15, -0.1) is 0 Å². The summed E-state index contributed by atoms with van der Waals surface area (Å²) in [6.45, 7) is 5.81. The van der Waals surface area contributed by atoms with Crippen LogP contribution in [0.1, 0.15) is 92.7 Å². The first-order valence-electron chi connectivity index (χ1n) is 13.9. The van der Waals surface area contributed by atoms with E-state index in [1.54, 1.807) is 29.4 Å². The molecule has 2 heterocycles. The average Bonchev–Trinajstić information content (AvgIpc) is 3.30. The van der Waals surface area contributed by atoms with Gasteiger partial charge in [-0.1, -0.05) is 63.6 Å². The molecule has 35 heavy (non-hydrogen) atoms. The SMILES string of the molecule is CCCc1cc2c(cc1CC)CCN(SC1CCCCC1)C2CCc1c[nH]c2ccc(OC)cc12. The number of H-pyrrole nitrogens is 1. The van der Waals surface area contributed by atoms with Crippen LogP contribution in [0.4, 0.5) is 0 Å². The highest BCUT2D eigenvalue weighted by molar-refractivity contribution is 7.97. The van der Waals surface area contributed by atoms with Crippen molar-refractivity contribution in [2.45, 2.75) is 95.8 Å². The van der Waals surface area contributed by atoms with Crippen molar-refractivity contribution in [3.63, 3.8) is 0 Å². The normalized spacial score (nSPS) is 19.2. The summed E-state index contributed by atoms with van der Waals surface area (Å²) in [5, 5.41) is 2.11. The largest absolute Gasteiger partial charge is 0.497 e. The van der Waals surface area contributed by atoms with Crippen LogP contribution >= 0.6 is 11.9 Å². The molecule has 0 saturated heterocycles. The van der Waals surface area contributed by atoms with Crippen LogP contribution in [0.3, 0.4) is 0 Å². The van der Waals surface area contributed by atoms with Crippen LogP contribution < -0.4 is 4.74 Å². The van der Waals surface area contributed by atoms with E-state index in [0.717, 1.165) is 30.3 Å². The van der Waals surface area contributed by atoms with Crippen LogP contribution in [0.15, 0.2) is 36.5 Å². The number of nitrogens with zero attached hydrogens (tertiary/aromatic N) is 1. The van der Waals surface area contributed by atoms with E-state index in [1.807, 2.05) is 6.07 Å². The molecular formula is C31H42N2OS. The molecular weight excluding hydrogens is 448 g/mol. The second-order valence-corrected chi connectivity index (χ2v) is 11.8. The zero-order chi connectivity index (χ0) is 24.2. The van der Waals surface area contributed by atoms with Gasteiger partial charge in [0, 0.05) is 34.9 Å². The lowest BCUT2D eigenvalue weighted by Crippen LogP contribution is -2.33. The van der Waals surface area contributed by atoms with E-state index < -0.39 is 0 Å². The summed E-state index contributed by atoms with van der Waals surface area (Å²) < 4.78 is 8.31. The van der Waals surface area contributed by atoms with Gasteiger partial charge in [0.15, 0.2) is 0 Å². The molecule has 2 aromatic carbocycles. The molecule has 0 spiro atoms. The number of rotatable bonds is 9. The molecule has 2 aliphatic rings. The van der Waals surface area contributed by atoms with Crippen LogP contribution in [0.2, 0.25) is 0 Å². The maximum Gasteiger partial charge on any atom is 0.119 e. The van der Waals surface area contributed by atoms with E-state index in [4.69, 9.17) is 4.74 Å². The van der Waals surface area contributed by atoms with Gasteiger partial charge in [-0.3, -0.25) is 0 Å². The molecule has 1 aliphatic carbocycles. The standard InChI is InChI=1S/C31H42N2OS/c1-4-9-23-19-29-24(18-22(23)5-2)16-17-33(35-27-10-7-6-8-11-27)31(29)15-12-25-21-32-30-14-13-26(34-3)20-28(25)30/h13-14,18-21,27,31-32H,4-12,15-17H2,1-3H3. The summed E-state index contributed by atoms with van der Waals surface area (Å²) >= 11 is 2.19. The third kappa shape index (κ3) is 5.44. The third-order valence-corrected chi connectivity index (χ3v) is 9.65. The van der Waals surface area contributed by atoms with E-state index in [1.165, 1.54) is 74.4 Å². The van der Waals surface area contributed by atoms with E-state index in [2.05, 4.69) is 65.5 Å². The molecule has 1 saturated carbocycles. The van der Waals surface area contributed by atoms with Gasteiger partial charge in [0.05, 0.1) is 7.11 Å². The Labute approximate surface area is 216 Å². The molecule has 1 aliphatic heterocycles. The van der Waals surface area contributed by atoms with E-state index in [9.17, 15) is 0 Å². The van der Waals surface area contributed by atoms with E-state index in [-0.39, 0.29) is 0 Å². The summed E-state index contributed by atoms with van der Waals surface area (Å²) in [5.74, 6) is 0.937. The number of fused-ring (bicyclic) bond motifs is 2. The monoisotopic (exact) mass is 490 g/mol. The topological polar surface area (TPSA) is 28.3 Å². The lowest BCUT2D eigenvalue weighted by Gasteiger charge is -2.39. The molecule has 1 unspecified atom stereocenters. The Morgan fingerprint density at radius 3 is 2.63 bits per heavy atom. The third-order valence-electron chi connectivity index (χ3n) is 8.17. The van der Waals surface area contributed by atoms with Crippen LogP contribution in [-0.4, -0.2) is 28.2 Å². The number of aromatic amines is 1. The lowest BCUT2D eigenvalue weighted by molar-refractivity contribution is 0.318. The van der Waals surface area contributed by atoms with Crippen LogP contribution in [0.25, 0.3) is 10.9 Å². The number of ether oxygens (including phenoxy) is 1. The fourth-order valence-corrected chi connectivity index (χ4v) is 7.72. The second-order valence-electron chi connectivity index (χ2n) is 10.5. The van der Waals surface area contributed by atoms with Gasteiger partial charge >= 0.3 is 0 Å². The summed E-state index contributed by atoms with van der Waals surface area (Å²) in [7, 11) is 1.76. The first-order valence-corrected chi connectivity index (χ1v) is 14.8. The van der Waals surface area contributed by atoms with Gasteiger partial charge in [0.1, 0.15) is 5.75 Å². The highest BCUT2D eigenvalue weighted by Crippen LogP contribution is 2.43. The smallest absolute Gasteiger partial charge is 0.119 e. The van der Waals surface area contributed by atoms with Gasteiger partial charge < -0.3 is 9.72 Å². The first-order chi connectivity index (χ1) is 17.2. The number of methoxy groups -OCH3 is 1. The highest BCUT2D eigenvalue weighted by Gasteiger charge is 2.31. The summed E-state index contributed by atoms with van der Waals surface area (Å²) in [6.07, 6.45) is 16.2. The zero-order valence-electron chi connectivity index (χ0n) is 21.9. The predicted octanol–water partition coefficient (Wildman–Crippen LogP) is 8.20. The molecule has 1 N–H and O–H groups in total. The van der Waals surface area contributed by atoms with E-state index >= 15 is 0 Å². The minimum Gasteiger partial charge on any atom is -0.497 e. The van der Waals surface area contributed by atoms with Crippen molar-refractivity contribution in [3.05, 3.63) is 64.3 Å². The van der Waals surface area contributed by atoms with Crippen molar-refractivity contribution < 1.29 is 4.74 Å². The van der Waals surface area contributed by atoms with Crippen molar-refractivity contribution in [1.29, 1.82) is 0 Å².